The van der Waals surface area contributed by atoms with Crippen LogP contribution < -0.4 is 0 Å². The molecule has 0 aliphatic heterocycles. The van der Waals surface area contributed by atoms with Crippen LogP contribution in [0.1, 0.15) is 48.5 Å². The molecule has 0 heterocycles. The molecule has 202 valence electrons. The number of ketones is 1. The Morgan fingerprint density at radius 3 is 0.972 bits per heavy atom. The lowest BCUT2D eigenvalue weighted by atomic mass is 10.3. The summed E-state index contributed by atoms with van der Waals surface area (Å²) < 4.78 is 27.8. The molecule has 0 aromatic heterocycles. The number of rotatable bonds is 12. The Morgan fingerprint density at radius 1 is 0.444 bits per heavy atom. The first-order valence-electron chi connectivity index (χ1n) is 10.4. The van der Waals surface area contributed by atoms with E-state index < -0.39 is 84.2 Å². The standard InChI is InChI=1S/C21H28O15/c1-8(22)9(2)31-16(25)11(4)33-18(27)13(6)35-20(29)21(30)36-14(7)19(28)34-12(5)17(26)32-10(3)15(23)24/h9-14H,1-7H3,(H,23,24). The molecule has 0 rings (SSSR count). The number of carbonyl (C=O) groups excluding carboxylic acids is 7. The van der Waals surface area contributed by atoms with Crippen LogP contribution in [-0.2, 0) is 66.8 Å². The van der Waals surface area contributed by atoms with E-state index >= 15 is 0 Å². The highest BCUT2D eigenvalue weighted by molar-refractivity contribution is 6.30. The highest BCUT2D eigenvalue weighted by Crippen LogP contribution is 2.07. The predicted octanol–water partition coefficient (Wildman–Crippen LogP) is -0.750. The minimum absolute atomic E-state index is 0.442. The van der Waals surface area contributed by atoms with Gasteiger partial charge in [0.15, 0.2) is 42.4 Å². The van der Waals surface area contributed by atoms with Gasteiger partial charge >= 0.3 is 41.8 Å². The Bertz CT molecular complexity index is 820. The summed E-state index contributed by atoms with van der Waals surface area (Å²) in [6, 6.07) is 0. The summed E-state index contributed by atoms with van der Waals surface area (Å²) in [4.78, 5) is 93.0. The molecule has 0 spiro atoms. The van der Waals surface area contributed by atoms with Crippen molar-refractivity contribution in [3.05, 3.63) is 0 Å². The van der Waals surface area contributed by atoms with E-state index in [2.05, 4.69) is 18.9 Å². The third kappa shape index (κ3) is 10.9. The summed E-state index contributed by atoms with van der Waals surface area (Å²) in [5, 5.41) is 8.70. The topological polar surface area (TPSA) is 212 Å². The molecule has 0 aromatic carbocycles. The zero-order valence-corrected chi connectivity index (χ0v) is 20.6. The fourth-order valence-corrected chi connectivity index (χ4v) is 1.82. The molecule has 0 fully saturated rings. The maximum Gasteiger partial charge on any atom is 0.418 e. The molecule has 0 saturated carbocycles. The monoisotopic (exact) mass is 520 g/mol. The number of ether oxygens (including phenoxy) is 6. The number of carboxylic acid groups (broad SMARTS) is 1. The van der Waals surface area contributed by atoms with Gasteiger partial charge in [-0.3, -0.25) is 4.79 Å². The predicted molar refractivity (Wildman–Crippen MR) is 112 cm³/mol. The molecule has 1 N–H and O–H groups in total. The number of Topliss-reactive ketones (excluding diaryl/α,β-unsaturated/α-hetero) is 1. The van der Waals surface area contributed by atoms with Crippen LogP contribution in [0.2, 0.25) is 0 Å². The van der Waals surface area contributed by atoms with E-state index in [0.29, 0.717) is 0 Å². The number of aliphatic carboxylic acids is 1. The molecule has 6 atom stereocenters. The molecule has 0 saturated heterocycles. The lowest BCUT2D eigenvalue weighted by Crippen LogP contribution is -2.38. The summed E-state index contributed by atoms with van der Waals surface area (Å²) in [6.07, 6.45) is -8.99. The van der Waals surface area contributed by atoms with Crippen LogP contribution in [0.4, 0.5) is 0 Å². The van der Waals surface area contributed by atoms with Crippen LogP contribution in [0.25, 0.3) is 0 Å². The van der Waals surface area contributed by atoms with Gasteiger partial charge in [0.2, 0.25) is 0 Å². The first-order chi connectivity index (χ1) is 16.5. The number of carbonyl (C=O) groups is 8. The van der Waals surface area contributed by atoms with Crippen LogP contribution in [-0.4, -0.2) is 89.3 Å². The third-order valence-corrected chi connectivity index (χ3v) is 4.15. The van der Waals surface area contributed by atoms with Crippen molar-refractivity contribution in [2.45, 2.75) is 85.1 Å². The van der Waals surface area contributed by atoms with Gasteiger partial charge in [-0.25, -0.2) is 33.6 Å². The number of carboxylic acids is 1. The smallest absolute Gasteiger partial charge is 0.418 e. The van der Waals surface area contributed by atoms with Gasteiger partial charge in [-0.1, -0.05) is 0 Å². The van der Waals surface area contributed by atoms with E-state index in [1.807, 2.05) is 0 Å². The average Bonchev–Trinajstić information content (AvgIpc) is 2.77. The Hall–Kier alpha value is -4.04. The van der Waals surface area contributed by atoms with E-state index in [1.54, 1.807) is 0 Å². The molecule has 15 heteroatoms. The zero-order valence-electron chi connectivity index (χ0n) is 20.6. The van der Waals surface area contributed by atoms with Gasteiger partial charge in [0.1, 0.15) is 0 Å². The van der Waals surface area contributed by atoms with Gasteiger partial charge in [-0.05, 0) is 48.5 Å². The van der Waals surface area contributed by atoms with Crippen molar-refractivity contribution in [2.75, 3.05) is 0 Å². The Balaban J connectivity index is 4.72. The molecule has 15 nitrogen and oxygen atoms in total. The van der Waals surface area contributed by atoms with Gasteiger partial charge < -0.3 is 33.5 Å². The minimum Gasteiger partial charge on any atom is -0.479 e. The van der Waals surface area contributed by atoms with Crippen molar-refractivity contribution < 1.29 is 71.9 Å². The van der Waals surface area contributed by atoms with Crippen molar-refractivity contribution in [3.63, 3.8) is 0 Å². The molecule has 6 unspecified atom stereocenters. The van der Waals surface area contributed by atoms with E-state index in [1.165, 1.54) is 13.8 Å². The molecular formula is C21H28O15. The van der Waals surface area contributed by atoms with Crippen LogP contribution in [0, 0.1) is 0 Å². The van der Waals surface area contributed by atoms with E-state index in [4.69, 9.17) is 14.6 Å². The summed E-state index contributed by atoms with van der Waals surface area (Å²) in [5.74, 6) is -9.99. The minimum atomic E-state index is -1.71. The third-order valence-electron chi connectivity index (χ3n) is 4.15. The molecular weight excluding hydrogens is 492 g/mol. The zero-order chi connectivity index (χ0) is 28.3. The second-order valence-electron chi connectivity index (χ2n) is 7.36. The van der Waals surface area contributed by atoms with Crippen molar-refractivity contribution in [1.29, 1.82) is 0 Å². The lowest BCUT2D eigenvalue weighted by Gasteiger charge is -2.18. The van der Waals surface area contributed by atoms with Crippen molar-refractivity contribution in [3.8, 4) is 0 Å². The fourth-order valence-electron chi connectivity index (χ4n) is 1.82. The molecule has 0 aliphatic carbocycles. The summed E-state index contributed by atoms with van der Waals surface area (Å²) in [6.45, 7) is 7.81. The molecule has 0 aliphatic rings. The highest BCUT2D eigenvalue weighted by atomic mass is 16.7. The SMILES string of the molecule is CC(=O)C(C)OC(=O)C(C)OC(=O)C(C)OC(=O)C(=O)OC(C)C(=O)OC(C)C(=O)OC(C)C(=O)O. The van der Waals surface area contributed by atoms with Crippen molar-refractivity contribution in [2.24, 2.45) is 0 Å². The number of esters is 6. The van der Waals surface area contributed by atoms with E-state index in [-0.39, 0.29) is 0 Å². The first kappa shape index (κ1) is 32.0. The van der Waals surface area contributed by atoms with E-state index in [9.17, 15) is 38.4 Å². The quantitative estimate of drug-likeness (QED) is 0.190. The molecule has 0 aromatic rings. The summed E-state index contributed by atoms with van der Waals surface area (Å²) in [7, 11) is 0. The second kappa shape index (κ2) is 14.4. The molecule has 0 radical (unpaired) electrons. The maximum atomic E-state index is 12.0. The van der Waals surface area contributed by atoms with Gasteiger partial charge in [-0.15, -0.1) is 0 Å². The van der Waals surface area contributed by atoms with Gasteiger partial charge in [0.05, 0.1) is 0 Å². The first-order valence-corrected chi connectivity index (χ1v) is 10.4. The summed E-state index contributed by atoms with van der Waals surface area (Å²) >= 11 is 0. The largest absolute Gasteiger partial charge is 0.479 e. The molecule has 36 heavy (non-hydrogen) atoms. The van der Waals surface area contributed by atoms with Crippen LogP contribution >= 0.6 is 0 Å². The van der Waals surface area contributed by atoms with Crippen LogP contribution in [0.5, 0.6) is 0 Å². The van der Waals surface area contributed by atoms with Crippen molar-refractivity contribution in [1.82, 2.24) is 0 Å². The van der Waals surface area contributed by atoms with Crippen LogP contribution in [0.3, 0.4) is 0 Å². The van der Waals surface area contributed by atoms with Gasteiger partial charge in [0, 0.05) is 0 Å². The summed E-state index contributed by atoms with van der Waals surface area (Å²) in [5.41, 5.74) is 0. The highest BCUT2D eigenvalue weighted by Gasteiger charge is 2.32. The van der Waals surface area contributed by atoms with Crippen LogP contribution in [0.15, 0.2) is 0 Å². The fraction of sp³-hybridized carbons (Fsp3) is 0.619. The van der Waals surface area contributed by atoms with Crippen molar-refractivity contribution >= 4 is 47.6 Å². The Kier molecular flexibility index (Phi) is 12.8. The Labute approximate surface area is 205 Å². The van der Waals surface area contributed by atoms with E-state index in [0.717, 1.165) is 34.6 Å². The number of hydrogen-bond acceptors (Lipinski definition) is 14. The molecule has 0 amide bonds. The second-order valence-corrected chi connectivity index (χ2v) is 7.36. The van der Waals surface area contributed by atoms with Gasteiger partial charge in [0.25, 0.3) is 0 Å². The lowest BCUT2D eigenvalue weighted by molar-refractivity contribution is -0.187. The maximum absolute atomic E-state index is 12.0. The normalized spacial score (nSPS) is 15.4. The average molecular weight is 520 g/mol. The van der Waals surface area contributed by atoms with Gasteiger partial charge in [-0.2, -0.15) is 0 Å². The molecule has 0 bridgehead atoms. The number of hydrogen-bond donors (Lipinski definition) is 1. The Morgan fingerprint density at radius 2 is 0.694 bits per heavy atom.